The number of nitrogens with one attached hydrogen (secondary N) is 1. The molecule has 0 radical (unpaired) electrons. The fourth-order valence-corrected chi connectivity index (χ4v) is 2.69. The number of hydrogen-bond donors (Lipinski definition) is 2. The molecule has 1 atom stereocenters. The van der Waals surface area contributed by atoms with Crippen molar-refractivity contribution < 1.29 is 29.0 Å². The smallest absolute Gasteiger partial charge is 0.342 e. The Hall–Kier alpha value is -3.09. The molecule has 7 heteroatoms. The highest BCUT2D eigenvalue weighted by Gasteiger charge is 2.23. The number of hydrogen-bond acceptors (Lipinski definition) is 6. The Morgan fingerprint density at radius 2 is 1.81 bits per heavy atom. The van der Waals surface area contributed by atoms with E-state index in [0.29, 0.717) is 11.8 Å². The number of phenols is 1. The zero-order valence-corrected chi connectivity index (χ0v) is 15.5. The topological polar surface area (TPSA) is 102 Å². The highest BCUT2D eigenvalue weighted by molar-refractivity contribution is 6.01. The van der Waals surface area contributed by atoms with Crippen LogP contribution in [0.25, 0.3) is 10.8 Å². The number of rotatable bonds is 7. The number of benzene rings is 2. The van der Waals surface area contributed by atoms with Gasteiger partial charge >= 0.3 is 11.9 Å². The Balaban J connectivity index is 2.01. The first-order valence-corrected chi connectivity index (χ1v) is 8.58. The third kappa shape index (κ3) is 5.20. The van der Waals surface area contributed by atoms with Crippen molar-refractivity contribution in [1.82, 2.24) is 5.32 Å². The maximum Gasteiger partial charge on any atom is 0.342 e. The highest BCUT2D eigenvalue weighted by atomic mass is 16.5. The maximum atomic E-state index is 12.2. The van der Waals surface area contributed by atoms with Crippen LogP contribution in [-0.2, 0) is 19.1 Å². The second kappa shape index (κ2) is 9.02. The van der Waals surface area contributed by atoms with E-state index in [1.54, 1.807) is 24.3 Å². The van der Waals surface area contributed by atoms with Gasteiger partial charge in [0.15, 0.2) is 6.61 Å². The van der Waals surface area contributed by atoms with Crippen LogP contribution in [0.15, 0.2) is 36.4 Å². The molecule has 0 unspecified atom stereocenters. The summed E-state index contributed by atoms with van der Waals surface area (Å²) in [5, 5.41) is 14.1. The molecule has 0 spiro atoms. The predicted molar refractivity (Wildman–Crippen MR) is 99.3 cm³/mol. The summed E-state index contributed by atoms with van der Waals surface area (Å²) in [5.74, 6) is -2.06. The number of esters is 2. The normalized spacial score (nSPS) is 11.9. The summed E-state index contributed by atoms with van der Waals surface area (Å²) < 4.78 is 9.65. The van der Waals surface area contributed by atoms with Crippen molar-refractivity contribution in [3.63, 3.8) is 0 Å². The van der Waals surface area contributed by atoms with Crippen molar-refractivity contribution in [1.29, 1.82) is 0 Å². The Labute approximate surface area is 157 Å². The minimum atomic E-state index is -0.827. The molecule has 0 fully saturated rings. The van der Waals surface area contributed by atoms with Crippen LogP contribution >= 0.6 is 0 Å². The molecule has 0 aliphatic carbocycles. The Morgan fingerprint density at radius 3 is 2.48 bits per heavy atom. The van der Waals surface area contributed by atoms with Crippen molar-refractivity contribution in [2.45, 2.75) is 26.3 Å². The molecule has 7 nitrogen and oxygen atoms in total. The van der Waals surface area contributed by atoms with E-state index in [4.69, 9.17) is 4.74 Å². The van der Waals surface area contributed by atoms with Gasteiger partial charge in [0.05, 0.1) is 7.11 Å². The molecule has 2 N–H and O–H groups in total. The predicted octanol–water partition coefficient (Wildman–Crippen LogP) is 2.41. The Bertz CT molecular complexity index is 845. The molecule has 1 amide bonds. The number of ether oxygens (including phenoxy) is 2. The van der Waals surface area contributed by atoms with Crippen molar-refractivity contribution in [3.05, 3.63) is 42.0 Å². The van der Waals surface area contributed by atoms with Gasteiger partial charge in [0.2, 0.25) is 0 Å². The van der Waals surface area contributed by atoms with Crippen LogP contribution in [0, 0.1) is 5.92 Å². The van der Waals surface area contributed by atoms with Gasteiger partial charge in [-0.15, -0.1) is 0 Å². The third-order valence-corrected chi connectivity index (χ3v) is 3.98. The largest absolute Gasteiger partial charge is 0.506 e. The summed E-state index contributed by atoms with van der Waals surface area (Å²) in [5.41, 5.74) is -0.0341. The number of phenolic OH excluding ortho intramolecular Hbond substituents is 1. The van der Waals surface area contributed by atoms with Crippen LogP contribution in [-0.4, -0.2) is 42.7 Å². The molecule has 0 aromatic heterocycles. The Kier molecular flexibility index (Phi) is 6.76. The number of fused-ring (bicyclic) bond motifs is 1. The summed E-state index contributed by atoms with van der Waals surface area (Å²) in [7, 11) is 1.24. The van der Waals surface area contributed by atoms with Gasteiger partial charge in [0, 0.05) is 5.39 Å². The van der Waals surface area contributed by atoms with Crippen molar-refractivity contribution in [2.24, 2.45) is 5.92 Å². The van der Waals surface area contributed by atoms with E-state index in [9.17, 15) is 19.5 Å². The lowest BCUT2D eigenvalue weighted by Gasteiger charge is -2.18. The number of aromatic hydroxyl groups is 1. The van der Waals surface area contributed by atoms with Crippen LogP contribution < -0.4 is 5.32 Å². The third-order valence-electron chi connectivity index (χ3n) is 3.98. The molecule has 0 bridgehead atoms. The van der Waals surface area contributed by atoms with Gasteiger partial charge in [-0.2, -0.15) is 0 Å². The van der Waals surface area contributed by atoms with Gasteiger partial charge in [-0.1, -0.05) is 44.2 Å². The van der Waals surface area contributed by atoms with E-state index < -0.39 is 30.5 Å². The molecular weight excluding hydrogens is 350 g/mol. The fourth-order valence-electron chi connectivity index (χ4n) is 2.69. The summed E-state index contributed by atoms with van der Waals surface area (Å²) in [6, 6.07) is 9.36. The zero-order valence-electron chi connectivity index (χ0n) is 15.5. The van der Waals surface area contributed by atoms with E-state index in [-0.39, 0.29) is 17.2 Å². The monoisotopic (exact) mass is 373 g/mol. The first-order valence-electron chi connectivity index (χ1n) is 8.58. The van der Waals surface area contributed by atoms with E-state index in [1.807, 2.05) is 19.9 Å². The second-order valence-corrected chi connectivity index (χ2v) is 6.53. The summed E-state index contributed by atoms with van der Waals surface area (Å²) >= 11 is 0. The summed E-state index contributed by atoms with van der Waals surface area (Å²) in [6.45, 7) is 3.24. The summed E-state index contributed by atoms with van der Waals surface area (Å²) in [6.07, 6.45) is 0.401. The van der Waals surface area contributed by atoms with Crippen LogP contribution in [0.2, 0.25) is 0 Å². The molecule has 144 valence electrons. The molecule has 0 saturated carbocycles. The van der Waals surface area contributed by atoms with E-state index in [0.717, 1.165) is 5.39 Å². The van der Waals surface area contributed by atoms with Gasteiger partial charge in [0.25, 0.3) is 5.91 Å². The van der Waals surface area contributed by atoms with Gasteiger partial charge in [-0.25, -0.2) is 9.59 Å². The minimum absolute atomic E-state index is 0.0341. The van der Waals surface area contributed by atoms with Crippen molar-refractivity contribution in [3.8, 4) is 5.75 Å². The minimum Gasteiger partial charge on any atom is -0.506 e. The molecule has 2 aromatic carbocycles. The standard InChI is InChI=1S/C20H23NO6/c1-12(2)10-16(20(25)26-3)21-17(22)11-27-19(24)15-9-8-13-6-4-5-7-14(13)18(15)23/h4-9,12,16,23H,10-11H2,1-3H3,(H,21,22)/t16-/m1/s1. The molecule has 2 aromatic rings. The van der Waals surface area contributed by atoms with Crippen LogP contribution in [0.4, 0.5) is 0 Å². The van der Waals surface area contributed by atoms with Crippen LogP contribution in [0.3, 0.4) is 0 Å². The highest BCUT2D eigenvalue weighted by Crippen LogP contribution is 2.28. The molecule has 0 heterocycles. The quantitative estimate of drug-likeness (QED) is 0.723. The van der Waals surface area contributed by atoms with Crippen LogP contribution in [0.1, 0.15) is 30.6 Å². The molecule has 0 aliphatic heterocycles. The van der Waals surface area contributed by atoms with Gasteiger partial charge in [-0.3, -0.25) is 4.79 Å². The number of carbonyl (C=O) groups excluding carboxylic acids is 3. The molecule has 0 saturated heterocycles. The van der Waals surface area contributed by atoms with Gasteiger partial charge in [0.1, 0.15) is 17.4 Å². The average molecular weight is 373 g/mol. The second-order valence-electron chi connectivity index (χ2n) is 6.53. The van der Waals surface area contributed by atoms with Crippen molar-refractivity contribution in [2.75, 3.05) is 13.7 Å². The lowest BCUT2D eigenvalue weighted by molar-refractivity contribution is -0.145. The Morgan fingerprint density at radius 1 is 1.11 bits per heavy atom. The lowest BCUT2D eigenvalue weighted by Crippen LogP contribution is -2.44. The van der Waals surface area contributed by atoms with Gasteiger partial charge < -0.3 is 19.9 Å². The average Bonchev–Trinajstić information content (AvgIpc) is 2.65. The SMILES string of the molecule is COC(=O)[C@@H](CC(C)C)NC(=O)COC(=O)c1ccc2ccccc2c1O. The van der Waals surface area contributed by atoms with Gasteiger partial charge in [-0.05, 0) is 23.8 Å². The number of carbonyl (C=O) groups is 3. The first-order chi connectivity index (χ1) is 12.8. The maximum absolute atomic E-state index is 12.2. The lowest BCUT2D eigenvalue weighted by atomic mass is 10.0. The molecule has 27 heavy (non-hydrogen) atoms. The molecule has 2 rings (SSSR count). The number of amides is 1. The van der Waals surface area contributed by atoms with Crippen LogP contribution in [0.5, 0.6) is 5.75 Å². The molecular formula is C20H23NO6. The molecule has 0 aliphatic rings. The van der Waals surface area contributed by atoms with Crippen molar-refractivity contribution >= 4 is 28.6 Å². The first kappa shape index (κ1) is 20.2. The summed E-state index contributed by atoms with van der Waals surface area (Å²) in [4.78, 5) is 36.0. The van der Waals surface area contributed by atoms with E-state index in [1.165, 1.54) is 13.2 Å². The zero-order chi connectivity index (χ0) is 20.0. The number of methoxy groups -OCH3 is 1. The van der Waals surface area contributed by atoms with E-state index in [2.05, 4.69) is 10.1 Å². The fraction of sp³-hybridized carbons (Fsp3) is 0.350. The van der Waals surface area contributed by atoms with E-state index >= 15 is 0 Å².